The van der Waals surface area contributed by atoms with E-state index < -0.39 is 48.3 Å². The van der Waals surface area contributed by atoms with Crippen LogP contribution in [0.3, 0.4) is 0 Å². The summed E-state index contributed by atoms with van der Waals surface area (Å²) in [5, 5.41) is 34.4. The van der Waals surface area contributed by atoms with Gasteiger partial charge in [-0.1, -0.05) is 88.4 Å². The van der Waals surface area contributed by atoms with Crippen LogP contribution in [-0.2, 0) is 41.9 Å². The lowest BCUT2D eigenvalue weighted by Gasteiger charge is -2.33. The lowest BCUT2D eigenvalue weighted by molar-refractivity contribution is -0.171. The third kappa shape index (κ3) is 11.1. The van der Waals surface area contributed by atoms with Crippen molar-refractivity contribution in [1.82, 2.24) is 21.3 Å². The van der Waals surface area contributed by atoms with Crippen LogP contribution in [0.25, 0.3) is 0 Å². The topological polar surface area (TPSA) is 175 Å². The molecule has 6 N–H and O–H groups in total. The third-order valence-electron chi connectivity index (χ3n) is 8.37. The van der Waals surface area contributed by atoms with Crippen LogP contribution in [0.15, 0.2) is 60.7 Å². The first-order valence-corrected chi connectivity index (χ1v) is 16.8. The number of aliphatic hydroxyl groups is 2. The number of benzene rings is 2. The minimum atomic E-state index is -1.97. The predicted octanol–water partition coefficient (Wildman–Crippen LogP) is 1.72. The zero-order valence-corrected chi connectivity index (χ0v) is 28.1. The SMILES string of the molecule is CC(C)[C@H](NC(=O)[C@H](OCc1ccccc1)[C@H](O)[C@@H](O)[C@@H](OCc1ccccc1)C(=O)N[C@H](C(=O)NC1CC1)C(C)C)C(=O)NC1CC1. The first-order valence-electron chi connectivity index (χ1n) is 16.8. The number of ether oxygens (including phenoxy) is 2. The van der Waals surface area contributed by atoms with E-state index in [0.717, 1.165) is 25.7 Å². The average molecular weight is 667 g/mol. The summed E-state index contributed by atoms with van der Waals surface area (Å²) >= 11 is 0. The molecule has 262 valence electrons. The first-order chi connectivity index (χ1) is 22.9. The van der Waals surface area contributed by atoms with Gasteiger partial charge < -0.3 is 41.0 Å². The lowest BCUT2D eigenvalue weighted by atomic mass is 9.98. The van der Waals surface area contributed by atoms with Crippen LogP contribution in [0.4, 0.5) is 0 Å². The second-order valence-corrected chi connectivity index (χ2v) is 13.4. The molecule has 4 rings (SSSR count). The van der Waals surface area contributed by atoms with Crippen LogP contribution < -0.4 is 21.3 Å². The van der Waals surface area contributed by atoms with E-state index in [1.165, 1.54) is 0 Å². The van der Waals surface area contributed by atoms with Crippen molar-refractivity contribution in [3.8, 4) is 0 Å². The highest BCUT2D eigenvalue weighted by Gasteiger charge is 2.43. The Kier molecular flexibility index (Phi) is 13.5. The van der Waals surface area contributed by atoms with Crippen LogP contribution in [-0.4, -0.2) is 82.4 Å². The van der Waals surface area contributed by atoms with Crippen molar-refractivity contribution in [2.45, 2.75) is 115 Å². The van der Waals surface area contributed by atoms with Crippen molar-refractivity contribution in [2.75, 3.05) is 0 Å². The Morgan fingerprint density at radius 3 is 1.23 bits per heavy atom. The van der Waals surface area contributed by atoms with E-state index >= 15 is 0 Å². The molecular weight excluding hydrogens is 616 g/mol. The zero-order valence-electron chi connectivity index (χ0n) is 28.1. The molecule has 6 atom stereocenters. The lowest BCUT2D eigenvalue weighted by Crippen LogP contribution is -2.60. The Balaban J connectivity index is 1.57. The summed E-state index contributed by atoms with van der Waals surface area (Å²) < 4.78 is 11.8. The fourth-order valence-electron chi connectivity index (χ4n) is 5.12. The molecule has 0 saturated heterocycles. The Morgan fingerprint density at radius 2 is 0.938 bits per heavy atom. The summed E-state index contributed by atoms with van der Waals surface area (Å²) in [6.45, 7) is 6.91. The van der Waals surface area contributed by atoms with Crippen LogP contribution in [0, 0.1) is 11.8 Å². The summed E-state index contributed by atoms with van der Waals surface area (Å²) in [6.07, 6.45) is -3.89. The second-order valence-electron chi connectivity index (χ2n) is 13.4. The average Bonchev–Trinajstić information content (AvgIpc) is 4.01. The third-order valence-corrected chi connectivity index (χ3v) is 8.37. The molecule has 2 saturated carbocycles. The summed E-state index contributed by atoms with van der Waals surface area (Å²) in [4.78, 5) is 53.6. The normalized spacial score (nSPS) is 18.2. The Bertz CT molecular complexity index is 1250. The standard InChI is InChI=1S/C36H50N4O8/c1-21(2)27(33(43)37-25-15-16-25)39-35(45)31(47-19-23-11-7-5-8-12-23)29(41)30(42)32(48-20-24-13-9-6-10-14-24)36(46)40-28(22(3)4)34(44)38-26-17-18-26/h5-14,21-22,25-32,41-42H,15-20H2,1-4H3,(H,37,43)(H,38,44)(H,39,45)(H,40,46)/t27-,28-,29+,30+,31+,32+/m0/s1. The molecule has 0 unspecified atom stereocenters. The molecule has 4 amide bonds. The van der Waals surface area contributed by atoms with Crippen LogP contribution in [0.2, 0.25) is 0 Å². The van der Waals surface area contributed by atoms with E-state index in [2.05, 4.69) is 21.3 Å². The maximum atomic E-state index is 13.8. The van der Waals surface area contributed by atoms with E-state index in [1.807, 2.05) is 12.1 Å². The van der Waals surface area contributed by atoms with Gasteiger partial charge in [-0.3, -0.25) is 19.2 Å². The molecular formula is C36H50N4O8. The maximum Gasteiger partial charge on any atom is 0.252 e. The molecule has 2 aromatic carbocycles. The summed E-state index contributed by atoms with van der Waals surface area (Å²) in [5.41, 5.74) is 1.39. The molecule has 0 heterocycles. The molecule has 2 aliphatic rings. The van der Waals surface area contributed by atoms with Crippen LogP contribution in [0.1, 0.15) is 64.5 Å². The fraction of sp³-hybridized carbons (Fsp3) is 0.556. The van der Waals surface area contributed by atoms with Gasteiger partial charge in [0.05, 0.1) is 13.2 Å². The van der Waals surface area contributed by atoms with Gasteiger partial charge in [-0.2, -0.15) is 0 Å². The first kappa shape index (κ1) is 37.0. The predicted molar refractivity (Wildman–Crippen MR) is 178 cm³/mol. The molecule has 0 radical (unpaired) electrons. The monoisotopic (exact) mass is 666 g/mol. The molecule has 0 aromatic heterocycles. The van der Waals surface area contributed by atoms with Gasteiger partial charge >= 0.3 is 0 Å². The van der Waals surface area contributed by atoms with Gasteiger partial charge in [-0.15, -0.1) is 0 Å². The smallest absolute Gasteiger partial charge is 0.252 e. The van der Waals surface area contributed by atoms with Crippen molar-refractivity contribution >= 4 is 23.6 Å². The largest absolute Gasteiger partial charge is 0.387 e. The van der Waals surface area contributed by atoms with Crippen LogP contribution >= 0.6 is 0 Å². The van der Waals surface area contributed by atoms with Gasteiger partial charge in [0.2, 0.25) is 11.8 Å². The van der Waals surface area contributed by atoms with Gasteiger partial charge in [-0.25, -0.2) is 0 Å². The van der Waals surface area contributed by atoms with E-state index in [0.29, 0.717) is 11.1 Å². The maximum absolute atomic E-state index is 13.8. The van der Waals surface area contributed by atoms with E-state index in [-0.39, 0.29) is 48.9 Å². The molecule has 2 aromatic rings. The zero-order chi connectivity index (χ0) is 34.8. The summed E-state index contributed by atoms with van der Waals surface area (Å²) in [5.74, 6) is -2.99. The van der Waals surface area contributed by atoms with E-state index in [1.54, 1.807) is 76.2 Å². The highest BCUT2D eigenvalue weighted by Crippen LogP contribution is 2.21. The Morgan fingerprint density at radius 1 is 0.604 bits per heavy atom. The Labute approximate surface area is 282 Å². The molecule has 0 spiro atoms. The number of carbonyl (C=O) groups is 4. The molecule has 0 bridgehead atoms. The number of rotatable bonds is 19. The highest BCUT2D eigenvalue weighted by molar-refractivity contribution is 5.91. The van der Waals surface area contributed by atoms with Gasteiger partial charge in [-0.05, 0) is 48.6 Å². The quantitative estimate of drug-likeness (QED) is 0.131. The second kappa shape index (κ2) is 17.5. The number of aliphatic hydroxyl groups excluding tert-OH is 2. The van der Waals surface area contributed by atoms with Crippen molar-refractivity contribution < 1.29 is 38.9 Å². The van der Waals surface area contributed by atoms with Gasteiger partial charge in [0.15, 0.2) is 12.2 Å². The molecule has 12 heteroatoms. The molecule has 2 fully saturated rings. The van der Waals surface area contributed by atoms with Crippen LogP contribution in [0.5, 0.6) is 0 Å². The van der Waals surface area contributed by atoms with E-state index in [9.17, 15) is 29.4 Å². The fourth-order valence-corrected chi connectivity index (χ4v) is 5.12. The van der Waals surface area contributed by atoms with Crippen molar-refractivity contribution in [2.24, 2.45) is 11.8 Å². The number of hydrogen-bond donors (Lipinski definition) is 6. The van der Waals surface area contributed by atoms with Crippen molar-refractivity contribution in [3.05, 3.63) is 71.8 Å². The number of carbonyl (C=O) groups excluding carboxylic acids is 4. The summed E-state index contributed by atoms with van der Waals surface area (Å²) in [7, 11) is 0. The molecule has 2 aliphatic carbocycles. The molecule has 12 nitrogen and oxygen atoms in total. The van der Waals surface area contributed by atoms with Crippen molar-refractivity contribution in [1.29, 1.82) is 0 Å². The van der Waals surface area contributed by atoms with Crippen molar-refractivity contribution in [3.63, 3.8) is 0 Å². The summed E-state index contributed by atoms with van der Waals surface area (Å²) in [6, 6.07) is 16.2. The number of nitrogens with one attached hydrogen (secondary N) is 4. The number of hydrogen-bond acceptors (Lipinski definition) is 8. The molecule has 48 heavy (non-hydrogen) atoms. The minimum absolute atomic E-state index is 0.0650. The van der Waals surface area contributed by atoms with E-state index in [4.69, 9.17) is 9.47 Å². The van der Waals surface area contributed by atoms with Gasteiger partial charge in [0.1, 0.15) is 24.3 Å². The number of amides is 4. The Hall–Kier alpha value is -3.84. The minimum Gasteiger partial charge on any atom is -0.387 e. The highest BCUT2D eigenvalue weighted by atomic mass is 16.5. The van der Waals surface area contributed by atoms with Gasteiger partial charge in [0, 0.05) is 12.1 Å². The van der Waals surface area contributed by atoms with Gasteiger partial charge in [0.25, 0.3) is 11.8 Å². The molecule has 0 aliphatic heterocycles.